The number of esters is 1. The van der Waals surface area contributed by atoms with Gasteiger partial charge in [0.05, 0.1) is 23.4 Å². The highest BCUT2D eigenvalue weighted by atomic mass is 16.5. The first-order chi connectivity index (χ1) is 14.5. The van der Waals surface area contributed by atoms with Gasteiger partial charge in [-0.3, -0.25) is 9.59 Å². The van der Waals surface area contributed by atoms with Crippen molar-refractivity contribution in [3.8, 4) is 6.07 Å². The molecule has 0 spiro atoms. The van der Waals surface area contributed by atoms with Gasteiger partial charge in [-0.1, -0.05) is 37.6 Å². The number of carbonyl (C=O) groups is 3. The van der Waals surface area contributed by atoms with Crippen LogP contribution in [0.1, 0.15) is 40.5 Å². The maximum atomic E-state index is 12.5. The molecule has 2 rings (SSSR count). The summed E-state index contributed by atoms with van der Waals surface area (Å²) >= 11 is 0. The minimum atomic E-state index is -0.785. The van der Waals surface area contributed by atoms with Crippen molar-refractivity contribution in [1.82, 2.24) is 5.32 Å². The van der Waals surface area contributed by atoms with Gasteiger partial charge in [0.25, 0.3) is 11.8 Å². The average molecular weight is 406 g/mol. The summed E-state index contributed by atoms with van der Waals surface area (Å²) in [6.45, 7) is 2.25. The predicted octanol–water partition coefficient (Wildman–Crippen LogP) is 3.00. The van der Waals surface area contributed by atoms with Crippen LogP contribution in [0.25, 0.3) is 0 Å². The number of rotatable bonds is 8. The Bertz CT molecular complexity index is 1010. The molecule has 2 aromatic rings. The van der Waals surface area contributed by atoms with Crippen molar-refractivity contribution < 1.29 is 19.1 Å². The van der Waals surface area contributed by atoms with Crippen LogP contribution >= 0.6 is 0 Å². The molecular formula is C22H22N4O4. The van der Waals surface area contributed by atoms with E-state index in [0.717, 1.165) is 19.0 Å². The number of nitrogens with zero attached hydrogens (tertiary/aromatic N) is 1. The maximum Gasteiger partial charge on any atom is 0.340 e. The Morgan fingerprint density at radius 2 is 1.77 bits per heavy atom. The molecule has 0 aliphatic carbocycles. The molecule has 2 amide bonds. The summed E-state index contributed by atoms with van der Waals surface area (Å²) in [4.78, 5) is 36.9. The van der Waals surface area contributed by atoms with Crippen molar-refractivity contribution >= 4 is 29.2 Å². The van der Waals surface area contributed by atoms with Gasteiger partial charge in [0, 0.05) is 11.9 Å². The number of nitrogens with one attached hydrogen (secondary N) is 2. The summed E-state index contributed by atoms with van der Waals surface area (Å²) in [7, 11) is 0. The number of nitrogens with two attached hydrogens (primary N) is 1. The van der Waals surface area contributed by atoms with Crippen LogP contribution in [0.4, 0.5) is 11.4 Å². The van der Waals surface area contributed by atoms with E-state index in [0.29, 0.717) is 0 Å². The number of anilines is 2. The number of benzene rings is 2. The SMILES string of the molecule is CCCCOC(=O)c1ccccc1NC(=O)/C(C#N)=C\NC(=O)c1ccccc1N. The zero-order valence-electron chi connectivity index (χ0n) is 16.5. The van der Waals surface area contributed by atoms with E-state index in [9.17, 15) is 19.6 Å². The summed E-state index contributed by atoms with van der Waals surface area (Å²) in [5.74, 6) is -1.92. The largest absolute Gasteiger partial charge is 0.462 e. The van der Waals surface area contributed by atoms with Crippen LogP contribution in [0.15, 0.2) is 60.3 Å². The minimum absolute atomic E-state index is 0.167. The lowest BCUT2D eigenvalue weighted by molar-refractivity contribution is -0.112. The Morgan fingerprint density at radius 1 is 1.10 bits per heavy atom. The lowest BCUT2D eigenvalue weighted by Crippen LogP contribution is -2.22. The Morgan fingerprint density at radius 3 is 2.43 bits per heavy atom. The van der Waals surface area contributed by atoms with Crippen LogP contribution in [0.5, 0.6) is 0 Å². The Hall–Kier alpha value is -4.12. The summed E-state index contributed by atoms with van der Waals surface area (Å²) in [5, 5.41) is 14.2. The average Bonchev–Trinajstić information content (AvgIpc) is 2.74. The number of unbranched alkanes of at least 4 members (excludes halogenated alkanes) is 1. The molecule has 0 unspecified atom stereocenters. The van der Waals surface area contributed by atoms with Gasteiger partial charge in [-0.2, -0.15) is 5.26 Å². The van der Waals surface area contributed by atoms with E-state index in [-0.39, 0.29) is 34.7 Å². The van der Waals surface area contributed by atoms with Gasteiger partial charge >= 0.3 is 5.97 Å². The molecular weight excluding hydrogens is 384 g/mol. The highest BCUT2D eigenvalue weighted by Crippen LogP contribution is 2.17. The second-order valence-electron chi connectivity index (χ2n) is 6.22. The molecule has 30 heavy (non-hydrogen) atoms. The van der Waals surface area contributed by atoms with E-state index in [1.54, 1.807) is 36.4 Å². The number of amides is 2. The highest BCUT2D eigenvalue weighted by Gasteiger charge is 2.17. The van der Waals surface area contributed by atoms with E-state index in [1.807, 2.05) is 6.92 Å². The van der Waals surface area contributed by atoms with Crippen LogP contribution in [-0.4, -0.2) is 24.4 Å². The summed E-state index contributed by atoms with van der Waals surface area (Å²) in [5.41, 5.74) is 6.23. The first-order valence-electron chi connectivity index (χ1n) is 9.31. The predicted molar refractivity (Wildman–Crippen MR) is 112 cm³/mol. The molecule has 0 saturated carbocycles. The van der Waals surface area contributed by atoms with Crippen molar-refractivity contribution in [3.05, 3.63) is 71.4 Å². The number of ether oxygens (including phenoxy) is 1. The molecule has 8 nitrogen and oxygen atoms in total. The highest BCUT2D eigenvalue weighted by molar-refractivity contribution is 6.10. The summed E-state index contributed by atoms with van der Waals surface area (Å²) < 4.78 is 5.18. The van der Waals surface area contributed by atoms with E-state index in [1.165, 1.54) is 18.2 Å². The monoisotopic (exact) mass is 406 g/mol. The first kappa shape index (κ1) is 22.2. The van der Waals surface area contributed by atoms with Gasteiger partial charge in [-0.15, -0.1) is 0 Å². The fraction of sp³-hybridized carbons (Fsp3) is 0.182. The Labute approximate surface area is 174 Å². The van der Waals surface area contributed by atoms with Crippen molar-refractivity contribution in [2.24, 2.45) is 0 Å². The van der Waals surface area contributed by atoms with Crippen molar-refractivity contribution in [2.45, 2.75) is 19.8 Å². The maximum absolute atomic E-state index is 12.5. The van der Waals surface area contributed by atoms with Gasteiger partial charge in [-0.25, -0.2) is 4.79 Å². The minimum Gasteiger partial charge on any atom is -0.462 e. The number of para-hydroxylation sites is 2. The molecule has 0 aromatic heterocycles. The zero-order valence-corrected chi connectivity index (χ0v) is 16.5. The van der Waals surface area contributed by atoms with Gasteiger partial charge in [0.2, 0.25) is 0 Å². The van der Waals surface area contributed by atoms with Crippen molar-refractivity contribution in [3.63, 3.8) is 0 Å². The molecule has 0 bridgehead atoms. The number of hydrogen-bond acceptors (Lipinski definition) is 6. The number of carbonyl (C=O) groups excluding carboxylic acids is 3. The molecule has 154 valence electrons. The standard InChI is InChI=1S/C22H22N4O4/c1-2-3-12-30-22(29)17-9-5-7-11-19(17)26-20(27)15(13-23)14-25-21(28)16-8-4-6-10-18(16)24/h4-11,14H,2-3,12,24H2,1H3,(H,25,28)(H,26,27)/b15-14-. The second-order valence-corrected chi connectivity index (χ2v) is 6.22. The number of nitriles is 1. The van der Waals surface area contributed by atoms with Crippen molar-refractivity contribution in [1.29, 1.82) is 5.26 Å². The van der Waals surface area contributed by atoms with E-state index < -0.39 is 17.8 Å². The Kier molecular flexibility index (Phi) is 8.15. The van der Waals surface area contributed by atoms with Gasteiger partial charge in [0.1, 0.15) is 11.6 Å². The van der Waals surface area contributed by atoms with Crippen molar-refractivity contribution in [2.75, 3.05) is 17.7 Å². The molecule has 2 aromatic carbocycles. The summed E-state index contributed by atoms with van der Waals surface area (Å²) in [6.07, 6.45) is 2.60. The number of nitrogen functional groups attached to an aromatic ring is 1. The molecule has 4 N–H and O–H groups in total. The Balaban J connectivity index is 2.11. The van der Waals surface area contributed by atoms with Crippen LogP contribution in [0.3, 0.4) is 0 Å². The quantitative estimate of drug-likeness (QED) is 0.203. The molecule has 0 aliphatic rings. The lowest BCUT2D eigenvalue weighted by Gasteiger charge is -2.10. The zero-order chi connectivity index (χ0) is 21.9. The fourth-order valence-electron chi connectivity index (χ4n) is 2.41. The molecule has 0 radical (unpaired) electrons. The van der Waals surface area contributed by atoms with Gasteiger partial charge in [-0.05, 0) is 30.7 Å². The molecule has 8 heteroatoms. The third-order valence-corrected chi connectivity index (χ3v) is 4.04. The van der Waals surface area contributed by atoms with Crippen LogP contribution < -0.4 is 16.4 Å². The molecule has 0 fully saturated rings. The van der Waals surface area contributed by atoms with Crippen LogP contribution in [0.2, 0.25) is 0 Å². The molecule has 0 saturated heterocycles. The van der Waals surface area contributed by atoms with Crippen LogP contribution in [0, 0.1) is 11.3 Å². The second kappa shape index (κ2) is 11.0. The third-order valence-electron chi connectivity index (χ3n) is 4.04. The van der Waals surface area contributed by atoms with E-state index in [4.69, 9.17) is 10.5 Å². The van der Waals surface area contributed by atoms with E-state index in [2.05, 4.69) is 10.6 Å². The van der Waals surface area contributed by atoms with Crippen LogP contribution in [-0.2, 0) is 9.53 Å². The van der Waals surface area contributed by atoms with Gasteiger partial charge in [0.15, 0.2) is 0 Å². The lowest BCUT2D eigenvalue weighted by atomic mass is 10.1. The smallest absolute Gasteiger partial charge is 0.340 e. The normalized spacial score (nSPS) is 10.6. The molecule has 0 heterocycles. The van der Waals surface area contributed by atoms with E-state index >= 15 is 0 Å². The number of hydrogen-bond donors (Lipinski definition) is 3. The first-order valence-corrected chi connectivity index (χ1v) is 9.31. The summed E-state index contributed by atoms with van der Waals surface area (Å²) in [6, 6.07) is 14.4. The topological polar surface area (TPSA) is 134 Å². The van der Waals surface area contributed by atoms with Gasteiger partial charge < -0.3 is 21.1 Å². The fourth-order valence-corrected chi connectivity index (χ4v) is 2.41. The molecule has 0 atom stereocenters. The molecule has 0 aliphatic heterocycles. The third kappa shape index (κ3) is 5.94.